The monoisotopic (exact) mass is 468 g/mol. The number of hydrogen-bond acceptors (Lipinski definition) is 6. The molecule has 0 spiro atoms. The van der Waals surface area contributed by atoms with Crippen molar-refractivity contribution in [1.82, 2.24) is 14.5 Å². The van der Waals surface area contributed by atoms with E-state index in [9.17, 15) is 13.2 Å². The molecule has 2 aromatic heterocycles. The van der Waals surface area contributed by atoms with E-state index in [-0.39, 0.29) is 10.8 Å². The summed E-state index contributed by atoms with van der Waals surface area (Å²) in [5, 5.41) is 0.636. The summed E-state index contributed by atoms with van der Waals surface area (Å²) in [6.45, 7) is 5.26. The minimum atomic E-state index is -3.33. The average molecular weight is 469 g/mol. The molecular formula is C23H24N4O3S2. The second-order valence-electron chi connectivity index (χ2n) is 7.83. The Morgan fingerprint density at radius 1 is 1.16 bits per heavy atom. The van der Waals surface area contributed by atoms with Crippen molar-refractivity contribution in [3.05, 3.63) is 71.8 Å². The molecule has 2 aromatic carbocycles. The first-order valence-corrected chi connectivity index (χ1v) is 12.9. The lowest BCUT2D eigenvalue weighted by Gasteiger charge is -2.20. The minimum absolute atomic E-state index is 0.187. The number of nitrogens with zero attached hydrogens (tertiary/aromatic N) is 4. The fourth-order valence-corrected chi connectivity index (χ4v) is 5.39. The van der Waals surface area contributed by atoms with Crippen LogP contribution < -0.4 is 4.90 Å². The molecule has 9 heteroatoms. The summed E-state index contributed by atoms with van der Waals surface area (Å²) in [7, 11) is -3.33. The quantitative estimate of drug-likeness (QED) is 0.405. The van der Waals surface area contributed by atoms with E-state index in [0.29, 0.717) is 17.2 Å². The molecule has 1 amide bonds. The first-order chi connectivity index (χ1) is 15.2. The van der Waals surface area contributed by atoms with E-state index in [0.717, 1.165) is 40.6 Å². The Morgan fingerprint density at radius 2 is 1.91 bits per heavy atom. The lowest BCUT2D eigenvalue weighted by Crippen LogP contribution is -2.32. The van der Waals surface area contributed by atoms with Crippen molar-refractivity contribution in [3.8, 4) is 0 Å². The smallest absolute Gasteiger partial charge is 0.260 e. The Kier molecular flexibility index (Phi) is 6.12. The minimum Gasteiger partial charge on any atom is -0.337 e. The van der Waals surface area contributed by atoms with Crippen LogP contribution in [0.25, 0.3) is 10.2 Å². The van der Waals surface area contributed by atoms with Gasteiger partial charge in [0.1, 0.15) is 0 Å². The fraction of sp³-hybridized carbons (Fsp3) is 0.261. The Labute approximate surface area is 191 Å². The zero-order chi connectivity index (χ0) is 22.9. The van der Waals surface area contributed by atoms with Gasteiger partial charge in [-0.1, -0.05) is 17.4 Å². The van der Waals surface area contributed by atoms with Crippen molar-refractivity contribution in [3.63, 3.8) is 0 Å². The van der Waals surface area contributed by atoms with Crippen molar-refractivity contribution in [2.45, 2.75) is 31.7 Å². The van der Waals surface area contributed by atoms with Crippen molar-refractivity contribution >= 4 is 42.4 Å². The fourth-order valence-electron chi connectivity index (χ4n) is 3.59. The van der Waals surface area contributed by atoms with Crippen LogP contribution in [0.15, 0.2) is 60.0 Å². The SMILES string of the molecule is Cc1cc(C)c2nc(N(CCCn3ccnc3)C(=O)c3ccc(S(C)(=O)=O)cc3)sc2c1. The number of amides is 1. The predicted octanol–water partition coefficient (Wildman–Crippen LogP) is 4.25. The number of thiazole rings is 1. The summed E-state index contributed by atoms with van der Waals surface area (Å²) < 4.78 is 26.5. The van der Waals surface area contributed by atoms with Crippen molar-refractivity contribution in [2.24, 2.45) is 0 Å². The molecule has 32 heavy (non-hydrogen) atoms. The maximum absolute atomic E-state index is 13.5. The average Bonchev–Trinajstić information content (AvgIpc) is 3.40. The first kappa shape index (κ1) is 22.2. The molecule has 0 aliphatic carbocycles. The first-order valence-electron chi connectivity index (χ1n) is 10.2. The molecular weight excluding hydrogens is 444 g/mol. The number of carbonyl (C=O) groups is 1. The number of fused-ring (bicyclic) bond motifs is 1. The number of aromatic nitrogens is 3. The number of rotatable bonds is 7. The lowest BCUT2D eigenvalue weighted by molar-refractivity contribution is 0.0986. The van der Waals surface area contributed by atoms with Crippen molar-refractivity contribution in [2.75, 3.05) is 17.7 Å². The third kappa shape index (κ3) is 4.73. The second-order valence-corrected chi connectivity index (χ2v) is 10.9. The molecule has 0 aliphatic heterocycles. The molecule has 0 unspecified atom stereocenters. The summed E-state index contributed by atoms with van der Waals surface area (Å²) in [6, 6.07) is 10.2. The normalized spacial score (nSPS) is 11.7. The molecule has 7 nitrogen and oxygen atoms in total. The number of anilines is 1. The van der Waals surface area contributed by atoms with Gasteiger partial charge in [0.25, 0.3) is 5.91 Å². The van der Waals surface area contributed by atoms with Gasteiger partial charge in [-0.15, -0.1) is 0 Å². The van der Waals surface area contributed by atoms with Gasteiger partial charge in [-0.3, -0.25) is 9.69 Å². The summed E-state index contributed by atoms with van der Waals surface area (Å²) in [5.41, 5.74) is 3.55. The lowest BCUT2D eigenvalue weighted by atomic mass is 10.1. The van der Waals surface area contributed by atoms with Crippen LogP contribution >= 0.6 is 11.3 Å². The topological polar surface area (TPSA) is 85.2 Å². The van der Waals surface area contributed by atoms with Crippen LogP contribution in [0, 0.1) is 13.8 Å². The highest BCUT2D eigenvalue weighted by Gasteiger charge is 2.22. The van der Waals surface area contributed by atoms with E-state index in [2.05, 4.69) is 17.1 Å². The van der Waals surface area contributed by atoms with Crippen LogP contribution in [-0.2, 0) is 16.4 Å². The highest BCUT2D eigenvalue weighted by atomic mass is 32.2. The van der Waals surface area contributed by atoms with Gasteiger partial charge in [-0.25, -0.2) is 18.4 Å². The van der Waals surface area contributed by atoms with Crippen LogP contribution in [0.3, 0.4) is 0 Å². The van der Waals surface area contributed by atoms with Gasteiger partial charge in [-0.2, -0.15) is 0 Å². The standard InChI is InChI=1S/C23H24N4O3S2/c1-16-13-17(2)21-20(14-16)31-23(25-21)27(11-4-10-26-12-9-24-15-26)22(28)18-5-7-19(8-6-18)32(3,29)30/h5-9,12-15H,4,10-11H2,1-3H3. The molecule has 0 N–H and O–H groups in total. The molecule has 0 fully saturated rings. The van der Waals surface area contributed by atoms with E-state index in [4.69, 9.17) is 4.98 Å². The third-order valence-electron chi connectivity index (χ3n) is 5.18. The zero-order valence-electron chi connectivity index (χ0n) is 18.1. The summed E-state index contributed by atoms with van der Waals surface area (Å²) in [6.07, 6.45) is 7.24. The van der Waals surface area contributed by atoms with Gasteiger partial charge in [0.2, 0.25) is 0 Å². The van der Waals surface area contributed by atoms with Crippen LogP contribution in [0.2, 0.25) is 0 Å². The van der Waals surface area contributed by atoms with Gasteiger partial charge < -0.3 is 4.57 Å². The van der Waals surface area contributed by atoms with E-state index in [1.165, 1.54) is 23.5 Å². The maximum atomic E-state index is 13.5. The molecule has 0 radical (unpaired) electrons. The van der Waals surface area contributed by atoms with Crippen molar-refractivity contribution < 1.29 is 13.2 Å². The number of imidazole rings is 1. The Hall–Kier alpha value is -3.04. The largest absolute Gasteiger partial charge is 0.337 e. The van der Waals surface area contributed by atoms with E-state index in [1.54, 1.807) is 29.6 Å². The van der Waals surface area contributed by atoms with Crippen LogP contribution in [-0.4, -0.2) is 41.7 Å². The number of hydrogen-bond donors (Lipinski definition) is 0. The van der Waals surface area contributed by atoms with Crippen LogP contribution in [0.5, 0.6) is 0 Å². The number of benzene rings is 2. The molecule has 0 saturated heterocycles. The number of carbonyl (C=O) groups excluding carboxylic acids is 1. The highest BCUT2D eigenvalue weighted by Crippen LogP contribution is 2.32. The number of sulfone groups is 1. The highest BCUT2D eigenvalue weighted by molar-refractivity contribution is 7.90. The predicted molar refractivity (Wildman–Crippen MR) is 127 cm³/mol. The third-order valence-corrected chi connectivity index (χ3v) is 7.34. The maximum Gasteiger partial charge on any atom is 0.260 e. The molecule has 0 atom stereocenters. The molecule has 166 valence electrons. The van der Waals surface area contributed by atoms with Crippen molar-refractivity contribution in [1.29, 1.82) is 0 Å². The van der Waals surface area contributed by atoms with Gasteiger partial charge >= 0.3 is 0 Å². The van der Waals surface area contributed by atoms with Crippen LogP contribution in [0.4, 0.5) is 5.13 Å². The zero-order valence-corrected chi connectivity index (χ0v) is 19.8. The molecule has 0 aliphatic rings. The number of aryl methyl sites for hydroxylation is 3. The van der Waals surface area contributed by atoms with Crippen LogP contribution in [0.1, 0.15) is 27.9 Å². The van der Waals surface area contributed by atoms with Gasteiger partial charge in [0.05, 0.1) is 21.4 Å². The van der Waals surface area contributed by atoms with Gasteiger partial charge in [0.15, 0.2) is 15.0 Å². The second kappa shape index (κ2) is 8.84. The summed E-state index contributed by atoms with van der Waals surface area (Å²) in [4.78, 5) is 24.2. The Bertz CT molecular complexity index is 1360. The molecule has 0 bridgehead atoms. The Morgan fingerprint density at radius 3 is 2.56 bits per heavy atom. The van der Waals surface area contributed by atoms with Gasteiger partial charge in [-0.05, 0) is 61.7 Å². The molecule has 2 heterocycles. The molecule has 4 aromatic rings. The van der Waals surface area contributed by atoms with E-state index >= 15 is 0 Å². The van der Waals surface area contributed by atoms with E-state index < -0.39 is 9.84 Å². The van der Waals surface area contributed by atoms with E-state index in [1.807, 2.05) is 24.6 Å². The Balaban J connectivity index is 1.66. The summed E-state index contributed by atoms with van der Waals surface area (Å²) >= 11 is 1.49. The summed E-state index contributed by atoms with van der Waals surface area (Å²) in [5.74, 6) is -0.205. The molecule has 0 saturated carbocycles. The molecule has 4 rings (SSSR count). The van der Waals surface area contributed by atoms with Gasteiger partial charge in [0, 0.05) is 37.3 Å².